The second-order valence-electron chi connectivity index (χ2n) is 6.49. The third-order valence-corrected chi connectivity index (χ3v) is 6.21. The molecule has 0 aliphatic carbocycles. The molecule has 1 amide bonds. The molecule has 2 N–H and O–H groups in total. The van der Waals surface area contributed by atoms with Crippen molar-refractivity contribution >= 4 is 33.5 Å². The van der Waals surface area contributed by atoms with Crippen LogP contribution in [-0.2, 0) is 14.8 Å². The summed E-state index contributed by atoms with van der Waals surface area (Å²) in [4.78, 5) is 22.6. The Kier molecular flexibility index (Phi) is 6.08. The van der Waals surface area contributed by atoms with Gasteiger partial charge in [0.15, 0.2) is 0 Å². The summed E-state index contributed by atoms with van der Waals surface area (Å²) in [6.45, 7) is 4.29. The van der Waals surface area contributed by atoms with E-state index in [0.717, 1.165) is 6.42 Å². The van der Waals surface area contributed by atoms with Crippen molar-refractivity contribution in [3.63, 3.8) is 0 Å². The molecule has 138 valence electrons. The van der Waals surface area contributed by atoms with Crippen LogP contribution in [0.5, 0.6) is 0 Å². The molecule has 9 heteroatoms. The van der Waals surface area contributed by atoms with Gasteiger partial charge in [-0.3, -0.25) is 9.59 Å². The van der Waals surface area contributed by atoms with E-state index in [-0.39, 0.29) is 27.3 Å². The predicted octanol–water partition coefficient (Wildman–Crippen LogP) is 1.82. The fraction of sp³-hybridized carbons (Fsp3) is 0.500. The van der Waals surface area contributed by atoms with E-state index in [1.54, 1.807) is 0 Å². The monoisotopic (exact) mass is 388 g/mol. The highest BCUT2D eigenvalue weighted by Crippen LogP contribution is 2.28. The zero-order valence-corrected chi connectivity index (χ0v) is 15.6. The molecule has 2 rings (SSSR count). The maximum atomic E-state index is 12.9. The van der Waals surface area contributed by atoms with Crippen molar-refractivity contribution in [3.05, 3.63) is 28.8 Å². The number of amides is 1. The number of hydrogen-bond acceptors (Lipinski definition) is 4. The minimum absolute atomic E-state index is 0.0290. The van der Waals surface area contributed by atoms with Gasteiger partial charge < -0.3 is 10.4 Å². The molecule has 0 bridgehead atoms. The smallest absolute Gasteiger partial charge is 0.322 e. The molecule has 7 nitrogen and oxygen atoms in total. The Hall–Kier alpha value is -1.64. The van der Waals surface area contributed by atoms with Gasteiger partial charge in [0.25, 0.3) is 5.91 Å². The zero-order valence-electron chi connectivity index (χ0n) is 14.0. The number of carboxylic acids is 1. The van der Waals surface area contributed by atoms with Gasteiger partial charge in [0, 0.05) is 13.1 Å². The van der Waals surface area contributed by atoms with Crippen LogP contribution in [0.2, 0.25) is 5.02 Å². The van der Waals surface area contributed by atoms with E-state index in [9.17, 15) is 18.0 Å². The van der Waals surface area contributed by atoms with E-state index in [1.165, 1.54) is 22.5 Å². The van der Waals surface area contributed by atoms with Crippen LogP contribution in [0, 0.1) is 11.8 Å². The zero-order chi connectivity index (χ0) is 18.8. The summed E-state index contributed by atoms with van der Waals surface area (Å²) in [6, 6.07) is 3.88. The van der Waals surface area contributed by atoms with E-state index < -0.39 is 28.4 Å². The lowest BCUT2D eigenvalue weighted by Gasteiger charge is -2.34. The number of carbonyl (C=O) groups is 2. The third kappa shape index (κ3) is 4.71. The van der Waals surface area contributed by atoms with Crippen molar-refractivity contribution in [1.82, 2.24) is 9.62 Å². The second-order valence-corrected chi connectivity index (χ2v) is 8.83. The van der Waals surface area contributed by atoms with Gasteiger partial charge in [-0.1, -0.05) is 25.4 Å². The van der Waals surface area contributed by atoms with Gasteiger partial charge in [-0.15, -0.1) is 0 Å². The average molecular weight is 389 g/mol. The molecular formula is C16H21ClN2O5S. The van der Waals surface area contributed by atoms with E-state index in [0.29, 0.717) is 13.1 Å². The number of sulfonamides is 1. The van der Waals surface area contributed by atoms with Crippen molar-refractivity contribution in [2.75, 3.05) is 19.6 Å². The van der Waals surface area contributed by atoms with Gasteiger partial charge in [0.2, 0.25) is 10.0 Å². The van der Waals surface area contributed by atoms with Gasteiger partial charge in [-0.25, -0.2) is 8.42 Å². The molecule has 1 fully saturated rings. The van der Waals surface area contributed by atoms with Gasteiger partial charge >= 0.3 is 5.97 Å². The molecule has 1 saturated heterocycles. The molecule has 1 heterocycles. The Morgan fingerprint density at radius 1 is 1.28 bits per heavy atom. The van der Waals surface area contributed by atoms with Crippen molar-refractivity contribution < 1.29 is 23.1 Å². The summed E-state index contributed by atoms with van der Waals surface area (Å²) in [5, 5.41) is 10.9. The predicted molar refractivity (Wildman–Crippen MR) is 93.1 cm³/mol. The van der Waals surface area contributed by atoms with Crippen LogP contribution < -0.4 is 5.32 Å². The molecule has 1 aliphatic rings. The molecule has 0 radical (unpaired) electrons. The van der Waals surface area contributed by atoms with Crippen molar-refractivity contribution in [1.29, 1.82) is 0 Å². The Balaban J connectivity index is 2.31. The first-order valence-electron chi connectivity index (χ1n) is 7.91. The summed E-state index contributed by atoms with van der Waals surface area (Å²) >= 11 is 5.97. The normalized spacial score (nSPS) is 21.7. The second kappa shape index (κ2) is 7.72. The quantitative estimate of drug-likeness (QED) is 0.800. The average Bonchev–Trinajstić information content (AvgIpc) is 2.51. The molecule has 1 aliphatic heterocycles. The fourth-order valence-corrected chi connectivity index (χ4v) is 4.95. The highest BCUT2D eigenvalue weighted by molar-refractivity contribution is 7.89. The number of carbonyl (C=O) groups excluding carboxylic acids is 1. The van der Waals surface area contributed by atoms with Crippen LogP contribution in [-0.4, -0.2) is 49.3 Å². The SMILES string of the molecule is C[C@@H]1C[C@H](C)CN(S(=O)(=O)c2ccc(Cl)c(C(=O)NCC(=O)O)c2)C1. The number of nitrogens with zero attached hydrogens (tertiary/aromatic N) is 1. The standard InChI is InChI=1S/C16H21ClN2O5S/c1-10-5-11(2)9-19(8-10)25(23,24)12-3-4-14(17)13(6-12)16(22)18-7-15(20)21/h3-4,6,10-11H,5,7-9H2,1-2H3,(H,18,22)(H,20,21)/t10-,11+. The summed E-state index contributed by atoms with van der Waals surface area (Å²) in [5.74, 6) is -1.43. The van der Waals surface area contributed by atoms with Crippen LogP contribution in [0.25, 0.3) is 0 Å². The molecule has 2 atom stereocenters. The summed E-state index contributed by atoms with van der Waals surface area (Å²) in [5.41, 5.74) is -0.0675. The van der Waals surface area contributed by atoms with E-state index in [4.69, 9.17) is 16.7 Å². The number of hydrogen-bond donors (Lipinski definition) is 2. The molecule has 0 aromatic heterocycles. The Bertz CT molecular complexity index is 771. The topological polar surface area (TPSA) is 104 Å². The Morgan fingerprint density at radius 2 is 1.88 bits per heavy atom. The van der Waals surface area contributed by atoms with Crippen LogP contribution in [0.3, 0.4) is 0 Å². The van der Waals surface area contributed by atoms with E-state index in [2.05, 4.69) is 5.32 Å². The highest BCUT2D eigenvalue weighted by atomic mass is 35.5. The molecule has 1 aromatic rings. The van der Waals surface area contributed by atoms with E-state index >= 15 is 0 Å². The first-order valence-corrected chi connectivity index (χ1v) is 9.72. The molecule has 25 heavy (non-hydrogen) atoms. The van der Waals surface area contributed by atoms with Crippen LogP contribution >= 0.6 is 11.6 Å². The van der Waals surface area contributed by atoms with Crippen LogP contribution in [0.15, 0.2) is 23.1 Å². The lowest BCUT2D eigenvalue weighted by atomic mass is 9.94. The lowest BCUT2D eigenvalue weighted by molar-refractivity contribution is -0.135. The molecule has 1 aromatic carbocycles. The van der Waals surface area contributed by atoms with Gasteiger partial charge in [0.05, 0.1) is 15.5 Å². The Labute approximate surface area is 152 Å². The largest absolute Gasteiger partial charge is 0.480 e. The number of aliphatic carboxylic acids is 1. The third-order valence-electron chi connectivity index (χ3n) is 4.06. The Morgan fingerprint density at radius 3 is 2.44 bits per heavy atom. The first kappa shape index (κ1) is 19.7. The summed E-state index contributed by atoms with van der Waals surface area (Å²) in [6.07, 6.45) is 0.968. The minimum Gasteiger partial charge on any atom is -0.480 e. The lowest BCUT2D eigenvalue weighted by Crippen LogP contribution is -2.42. The number of rotatable bonds is 5. The van der Waals surface area contributed by atoms with Crippen molar-refractivity contribution in [3.8, 4) is 0 Å². The molecule has 0 spiro atoms. The highest BCUT2D eigenvalue weighted by Gasteiger charge is 2.32. The maximum Gasteiger partial charge on any atom is 0.322 e. The molecule has 0 saturated carbocycles. The van der Waals surface area contributed by atoms with Crippen LogP contribution in [0.4, 0.5) is 0 Å². The van der Waals surface area contributed by atoms with Gasteiger partial charge in [0.1, 0.15) is 6.54 Å². The maximum absolute atomic E-state index is 12.9. The summed E-state index contributed by atoms with van der Waals surface area (Å²) in [7, 11) is -3.75. The number of halogens is 1. The summed E-state index contributed by atoms with van der Waals surface area (Å²) < 4.78 is 27.2. The number of carboxylic acid groups (broad SMARTS) is 1. The minimum atomic E-state index is -3.75. The fourth-order valence-electron chi connectivity index (χ4n) is 3.04. The number of nitrogens with one attached hydrogen (secondary N) is 1. The van der Waals surface area contributed by atoms with Crippen molar-refractivity contribution in [2.24, 2.45) is 11.8 Å². The van der Waals surface area contributed by atoms with Gasteiger partial charge in [-0.05, 0) is 36.5 Å². The number of piperidine rings is 1. The van der Waals surface area contributed by atoms with Crippen LogP contribution in [0.1, 0.15) is 30.6 Å². The van der Waals surface area contributed by atoms with Gasteiger partial charge in [-0.2, -0.15) is 4.31 Å². The molecular weight excluding hydrogens is 368 g/mol. The van der Waals surface area contributed by atoms with E-state index in [1.807, 2.05) is 13.8 Å². The first-order chi connectivity index (χ1) is 11.6. The number of benzene rings is 1. The van der Waals surface area contributed by atoms with Crippen molar-refractivity contribution in [2.45, 2.75) is 25.2 Å². The molecule has 0 unspecified atom stereocenters.